The predicted molar refractivity (Wildman–Crippen MR) is 101 cm³/mol. The van der Waals surface area contributed by atoms with E-state index in [1.807, 2.05) is 66.7 Å². The molecule has 26 heavy (non-hydrogen) atoms. The van der Waals surface area contributed by atoms with Gasteiger partial charge in [-0.15, -0.1) is 0 Å². The first-order valence-electron chi connectivity index (χ1n) is 8.26. The van der Waals surface area contributed by atoms with Gasteiger partial charge in [0.2, 0.25) is 0 Å². The van der Waals surface area contributed by atoms with Gasteiger partial charge in [0, 0.05) is 23.5 Å². The summed E-state index contributed by atoms with van der Waals surface area (Å²) in [5, 5.41) is 0. The molecule has 0 aliphatic carbocycles. The van der Waals surface area contributed by atoms with Crippen molar-refractivity contribution in [2.45, 2.75) is 0 Å². The fourth-order valence-electron chi connectivity index (χ4n) is 2.73. The van der Waals surface area contributed by atoms with Crippen molar-refractivity contribution in [2.75, 3.05) is 0 Å². The first-order chi connectivity index (χ1) is 12.8. The number of hydrogen-bond donors (Lipinski definition) is 0. The maximum Gasteiger partial charge on any atom is 0.196 e. The average Bonchev–Trinajstić information content (AvgIpc) is 2.75. The van der Waals surface area contributed by atoms with Gasteiger partial charge in [-0.3, -0.25) is 9.78 Å². The fourth-order valence-corrected chi connectivity index (χ4v) is 2.73. The lowest BCUT2D eigenvalue weighted by molar-refractivity contribution is 0.103. The molecule has 0 fully saturated rings. The quantitative estimate of drug-likeness (QED) is 0.517. The molecule has 0 radical (unpaired) electrons. The lowest BCUT2D eigenvalue weighted by Gasteiger charge is -2.10. The summed E-state index contributed by atoms with van der Waals surface area (Å²) in [5.74, 6) is 0.395. The van der Waals surface area contributed by atoms with Gasteiger partial charge in [-0.25, -0.2) is 9.97 Å². The first kappa shape index (κ1) is 15.8. The Morgan fingerprint density at radius 3 is 2.12 bits per heavy atom. The van der Waals surface area contributed by atoms with Gasteiger partial charge in [0.15, 0.2) is 11.6 Å². The Hall–Kier alpha value is -3.66. The Kier molecular flexibility index (Phi) is 4.31. The second kappa shape index (κ2) is 7.07. The summed E-state index contributed by atoms with van der Waals surface area (Å²) in [6.07, 6.45) is 3.29. The number of carbonyl (C=O) groups excluding carboxylic acids is 1. The van der Waals surface area contributed by atoms with Crippen LogP contribution in [0.15, 0.2) is 91.3 Å². The highest BCUT2D eigenvalue weighted by molar-refractivity contribution is 6.12. The highest BCUT2D eigenvalue weighted by Gasteiger charge is 2.18. The average molecular weight is 337 g/mol. The molecule has 0 saturated heterocycles. The molecular weight excluding hydrogens is 322 g/mol. The van der Waals surface area contributed by atoms with Crippen LogP contribution in [0.1, 0.15) is 15.9 Å². The highest BCUT2D eigenvalue weighted by Crippen LogP contribution is 2.25. The van der Waals surface area contributed by atoms with Crippen molar-refractivity contribution in [1.82, 2.24) is 15.0 Å². The van der Waals surface area contributed by atoms with Gasteiger partial charge in [-0.2, -0.15) is 0 Å². The normalized spacial score (nSPS) is 10.5. The van der Waals surface area contributed by atoms with Crippen molar-refractivity contribution in [3.63, 3.8) is 0 Å². The van der Waals surface area contributed by atoms with E-state index in [1.54, 1.807) is 24.5 Å². The van der Waals surface area contributed by atoms with Gasteiger partial charge >= 0.3 is 0 Å². The number of hydrogen-bond acceptors (Lipinski definition) is 4. The Labute approximate surface area is 151 Å². The number of benzene rings is 2. The van der Waals surface area contributed by atoms with Crippen LogP contribution in [0.2, 0.25) is 0 Å². The predicted octanol–water partition coefficient (Wildman–Crippen LogP) is 4.44. The zero-order valence-corrected chi connectivity index (χ0v) is 13.9. The standard InChI is InChI=1S/C22H15N3O/c26-21(17-11-5-2-6-12-17)18-15-24-22(19-13-7-8-14-23-19)25-20(18)16-9-3-1-4-10-16/h1-15H. The van der Waals surface area contributed by atoms with Crippen LogP contribution in [-0.2, 0) is 0 Å². The van der Waals surface area contributed by atoms with E-state index in [0.29, 0.717) is 28.3 Å². The third-order valence-corrected chi connectivity index (χ3v) is 4.01. The summed E-state index contributed by atoms with van der Waals surface area (Å²) in [7, 11) is 0. The molecule has 2 aromatic heterocycles. The molecule has 0 atom stereocenters. The van der Waals surface area contributed by atoms with E-state index in [-0.39, 0.29) is 5.78 Å². The minimum atomic E-state index is -0.1000. The number of aromatic nitrogens is 3. The van der Waals surface area contributed by atoms with Crippen LogP contribution in [0.3, 0.4) is 0 Å². The Morgan fingerprint density at radius 2 is 1.42 bits per heavy atom. The molecule has 0 unspecified atom stereocenters. The van der Waals surface area contributed by atoms with E-state index in [1.165, 1.54) is 0 Å². The number of ketones is 1. The van der Waals surface area contributed by atoms with E-state index in [4.69, 9.17) is 0 Å². The monoisotopic (exact) mass is 337 g/mol. The van der Waals surface area contributed by atoms with E-state index in [9.17, 15) is 4.79 Å². The third kappa shape index (κ3) is 3.13. The highest BCUT2D eigenvalue weighted by atomic mass is 16.1. The van der Waals surface area contributed by atoms with Crippen molar-refractivity contribution in [3.8, 4) is 22.8 Å². The summed E-state index contributed by atoms with van der Waals surface area (Å²) in [6.45, 7) is 0. The summed E-state index contributed by atoms with van der Waals surface area (Å²) >= 11 is 0. The summed E-state index contributed by atoms with van der Waals surface area (Å²) in [6, 6.07) is 24.4. The van der Waals surface area contributed by atoms with Crippen molar-refractivity contribution < 1.29 is 4.79 Å². The second-order valence-electron chi connectivity index (χ2n) is 5.73. The molecular formula is C22H15N3O. The summed E-state index contributed by atoms with van der Waals surface area (Å²) < 4.78 is 0. The van der Waals surface area contributed by atoms with E-state index in [2.05, 4.69) is 15.0 Å². The van der Waals surface area contributed by atoms with Gasteiger partial charge in [0.1, 0.15) is 5.69 Å². The molecule has 4 nitrogen and oxygen atoms in total. The molecule has 124 valence electrons. The largest absolute Gasteiger partial charge is 0.288 e. The molecule has 0 N–H and O–H groups in total. The van der Waals surface area contributed by atoms with E-state index >= 15 is 0 Å². The Morgan fingerprint density at radius 1 is 0.731 bits per heavy atom. The smallest absolute Gasteiger partial charge is 0.196 e. The SMILES string of the molecule is O=C(c1ccccc1)c1cnc(-c2ccccn2)nc1-c1ccccc1. The summed E-state index contributed by atoms with van der Waals surface area (Å²) in [5.41, 5.74) is 3.23. The summed E-state index contributed by atoms with van der Waals surface area (Å²) in [4.78, 5) is 26.4. The van der Waals surface area contributed by atoms with Crippen LogP contribution in [0.25, 0.3) is 22.8 Å². The Bertz CT molecular complexity index is 1030. The molecule has 0 aliphatic heterocycles. The lowest BCUT2D eigenvalue weighted by Crippen LogP contribution is -2.07. The van der Waals surface area contributed by atoms with Gasteiger partial charge in [0.05, 0.1) is 11.3 Å². The van der Waals surface area contributed by atoms with Crippen LogP contribution in [-0.4, -0.2) is 20.7 Å². The number of nitrogens with zero attached hydrogens (tertiary/aromatic N) is 3. The molecule has 0 aliphatic rings. The van der Waals surface area contributed by atoms with Crippen LogP contribution in [0.5, 0.6) is 0 Å². The minimum Gasteiger partial charge on any atom is -0.288 e. The molecule has 2 heterocycles. The van der Waals surface area contributed by atoms with Gasteiger partial charge in [0.25, 0.3) is 0 Å². The zero-order valence-electron chi connectivity index (χ0n) is 13.9. The van der Waals surface area contributed by atoms with E-state index in [0.717, 1.165) is 5.56 Å². The molecule has 4 aromatic rings. The van der Waals surface area contributed by atoms with E-state index < -0.39 is 0 Å². The fraction of sp³-hybridized carbons (Fsp3) is 0. The molecule has 4 rings (SSSR count). The Balaban J connectivity index is 1.88. The maximum absolute atomic E-state index is 13.0. The molecule has 0 spiro atoms. The second-order valence-corrected chi connectivity index (χ2v) is 5.73. The zero-order chi connectivity index (χ0) is 17.8. The molecule has 2 aromatic carbocycles. The van der Waals surface area contributed by atoms with Crippen LogP contribution >= 0.6 is 0 Å². The van der Waals surface area contributed by atoms with Gasteiger partial charge in [-0.1, -0.05) is 66.7 Å². The number of pyridine rings is 1. The van der Waals surface area contributed by atoms with Crippen molar-refractivity contribution in [2.24, 2.45) is 0 Å². The van der Waals surface area contributed by atoms with Crippen LogP contribution in [0, 0.1) is 0 Å². The van der Waals surface area contributed by atoms with Crippen molar-refractivity contribution in [1.29, 1.82) is 0 Å². The number of rotatable bonds is 4. The lowest BCUT2D eigenvalue weighted by atomic mass is 9.99. The first-order valence-corrected chi connectivity index (χ1v) is 8.26. The van der Waals surface area contributed by atoms with Crippen LogP contribution in [0.4, 0.5) is 0 Å². The minimum absolute atomic E-state index is 0.1000. The van der Waals surface area contributed by atoms with Crippen molar-refractivity contribution >= 4 is 5.78 Å². The molecule has 0 saturated carbocycles. The van der Waals surface area contributed by atoms with Crippen LogP contribution < -0.4 is 0 Å². The molecule has 0 amide bonds. The molecule has 4 heteroatoms. The number of carbonyl (C=O) groups is 1. The maximum atomic E-state index is 13.0. The molecule has 0 bridgehead atoms. The van der Waals surface area contributed by atoms with Gasteiger partial charge in [-0.05, 0) is 12.1 Å². The topological polar surface area (TPSA) is 55.7 Å². The third-order valence-electron chi connectivity index (χ3n) is 4.01. The van der Waals surface area contributed by atoms with Gasteiger partial charge < -0.3 is 0 Å². The van der Waals surface area contributed by atoms with Crippen molar-refractivity contribution in [3.05, 3.63) is 102 Å².